The molecule has 0 aliphatic carbocycles. The predicted octanol–water partition coefficient (Wildman–Crippen LogP) is 1.91. The lowest BCUT2D eigenvalue weighted by Gasteiger charge is -2.13. The molecule has 0 radical (unpaired) electrons. The molecule has 0 amide bonds. The number of hydrogen-bond donors (Lipinski definition) is 2. The van der Waals surface area contributed by atoms with Crippen LogP contribution >= 0.6 is 15.9 Å². The number of aromatic nitrogens is 2. The molecule has 2 rings (SSSR count). The number of nitrogens with two attached hydrogens (primary N) is 1. The van der Waals surface area contributed by atoms with Crippen molar-refractivity contribution in [2.24, 2.45) is 12.9 Å². The van der Waals surface area contributed by atoms with Crippen molar-refractivity contribution in [3.8, 4) is 0 Å². The van der Waals surface area contributed by atoms with Crippen LogP contribution in [0.2, 0.25) is 0 Å². The van der Waals surface area contributed by atoms with Crippen LogP contribution < -0.4 is 11.3 Å². The van der Waals surface area contributed by atoms with Gasteiger partial charge in [-0.2, -0.15) is 5.10 Å². The van der Waals surface area contributed by atoms with Crippen LogP contribution in [0.15, 0.2) is 33.5 Å². The molecule has 0 aliphatic heterocycles. The standard InChI is InChI=1S/C11H15BrN4O/c1-16-8(6-7-14-16)2-3-9(15-13)10-4-5-11(12)17-10/h4-7,9,15H,2-3,13H2,1H3. The highest BCUT2D eigenvalue weighted by molar-refractivity contribution is 9.10. The summed E-state index contributed by atoms with van der Waals surface area (Å²) in [7, 11) is 1.93. The van der Waals surface area contributed by atoms with Gasteiger partial charge in [-0.15, -0.1) is 0 Å². The first-order valence-electron chi connectivity index (χ1n) is 5.39. The van der Waals surface area contributed by atoms with Crippen LogP contribution in [-0.2, 0) is 13.5 Å². The second kappa shape index (κ2) is 5.48. The van der Waals surface area contributed by atoms with Crippen molar-refractivity contribution in [1.82, 2.24) is 15.2 Å². The largest absolute Gasteiger partial charge is 0.453 e. The van der Waals surface area contributed by atoms with Gasteiger partial charge in [0, 0.05) is 18.9 Å². The van der Waals surface area contributed by atoms with Gasteiger partial charge in [-0.1, -0.05) is 0 Å². The SMILES string of the molecule is Cn1nccc1CCC(NN)c1ccc(Br)o1. The molecular formula is C11H15BrN4O. The first kappa shape index (κ1) is 12.3. The lowest BCUT2D eigenvalue weighted by molar-refractivity contribution is 0.389. The molecule has 0 bridgehead atoms. The Morgan fingerprint density at radius 1 is 1.53 bits per heavy atom. The zero-order valence-corrected chi connectivity index (χ0v) is 11.1. The Kier molecular flexibility index (Phi) is 3.98. The maximum absolute atomic E-state index is 5.54. The highest BCUT2D eigenvalue weighted by atomic mass is 79.9. The summed E-state index contributed by atoms with van der Waals surface area (Å²) < 4.78 is 8.07. The average Bonchev–Trinajstić information content (AvgIpc) is 2.90. The summed E-state index contributed by atoms with van der Waals surface area (Å²) in [5.74, 6) is 6.38. The molecule has 92 valence electrons. The Labute approximate surface area is 108 Å². The predicted molar refractivity (Wildman–Crippen MR) is 68.0 cm³/mol. The number of furan rings is 1. The molecular weight excluding hydrogens is 284 g/mol. The van der Waals surface area contributed by atoms with Crippen LogP contribution in [0.5, 0.6) is 0 Å². The van der Waals surface area contributed by atoms with Crippen LogP contribution in [0.1, 0.15) is 23.9 Å². The van der Waals surface area contributed by atoms with Crippen molar-refractivity contribution in [3.05, 3.63) is 40.5 Å². The third kappa shape index (κ3) is 2.96. The summed E-state index contributed by atoms with van der Waals surface area (Å²) >= 11 is 3.28. The second-order valence-corrected chi connectivity index (χ2v) is 4.63. The van der Waals surface area contributed by atoms with Crippen molar-refractivity contribution in [2.75, 3.05) is 0 Å². The summed E-state index contributed by atoms with van der Waals surface area (Å²) in [6.07, 6.45) is 3.55. The van der Waals surface area contributed by atoms with Gasteiger partial charge in [0.15, 0.2) is 4.67 Å². The number of nitrogens with one attached hydrogen (secondary N) is 1. The smallest absolute Gasteiger partial charge is 0.169 e. The Morgan fingerprint density at radius 3 is 2.88 bits per heavy atom. The molecule has 0 saturated carbocycles. The minimum absolute atomic E-state index is 0.0104. The molecule has 0 aromatic carbocycles. The van der Waals surface area contributed by atoms with Gasteiger partial charge in [0.1, 0.15) is 5.76 Å². The fourth-order valence-corrected chi connectivity index (χ4v) is 2.08. The van der Waals surface area contributed by atoms with E-state index in [1.54, 1.807) is 6.20 Å². The number of aryl methyl sites for hydroxylation is 2. The minimum Gasteiger partial charge on any atom is -0.453 e. The third-order valence-electron chi connectivity index (χ3n) is 2.75. The molecule has 3 N–H and O–H groups in total. The normalized spacial score (nSPS) is 12.9. The molecule has 5 nitrogen and oxygen atoms in total. The number of rotatable bonds is 5. The summed E-state index contributed by atoms with van der Waals surface area (Å²) in [5, 5.41) is 4.13. The van der Waals surface area contributed by atoms with Gasteiger partial charge in [0.05, 0.1) is 6.04 Å². The van der Waals surface area contributed by atoms with Crippen LogP contribution in [0.25, 0.3) is 0 Å². The fourth-order valence-electron chi connectivity index (χ4n) is 1.76. The molecule has 1 unspecified atom stereocenters. The monoisotopic (exact) mass is 298 g/mol. The minimum atomic E-state index is 0.0104. The molecule has 17 heavy (non-hydrogen) atoms. The van der Waals surface area contributed by atoms with Crippen molar-refractivity contribution in [3.63, 3.8) is 0 Å². The summed E-state index contributed by atoms with van der Waals surface area (Å²) in [4.78, 5) is 0. The number of hydrogen-bond acceptors (Lipinski definition) is 4. The summed E-state index contributed by atoms with van der Waals surface area (Å²) in [6, 6.07) is 5.80. The molecule has 2 heterocycles. The van der Waals surface area contributed by atoms with E-state index in [2.05, 4.69) is 26.5 Å². The summed E-state index contributed by atoms with van der Waals surface area (Å²) in [5.41, 5.74) is 3.95. The van der Waals surface area contributed by atoms with E-state index < -0.39 is 0 Å². The number of halogens is 1. The van der Waals surface area contributed by atoms with Crippen molar-refractivity contribution < 1.29 is 4.42 Å². The van der Waals surface area contributed by atoms with Gasteiger partial charge < -0.3 is 4.42 Å². The maximum Gasteiger partial charge on any atom is 0.169 e. The fraction of sp³-hybridized carbons (Fsp3) is 0.364. The Hall–Kier alpha value is -1.11. The number of hydrazine groups is 1. The first-order valence-corrected chi connectivity index (χ1v) is 6.18. The highest BCUT2D eigenvalue weighted by Crippen LogP contribution is 2.23. The molecule has 1 atom stereocenters. The Morgan fingerprint density at radius 2 is 2.35 bits per heavy atom. The topological polar surface area (TPSA) is 69.0 Å². The van der Waals surface area contributed by atoms with E-state index >= 15 is 0 Å². The van der Waals surface area contributed by atoms with Crippen LogP contribution in [-0.4, -0.2) is 9.78 Å². The molecule has 0 spiro atoms. The van der Waals surface area contributed by atoms with Crippen molar-refractivity contribution in [2.45, 2.75) is 18.9 Å². The van der Waals surface area contributed by atoms with E-state index in [4.69, 9.17) is 10.3 Å². The maximum atomic E-state index is 5.54. The number of nitrogens with zero attached hydrogens (tertiary/aromatic N) is 2. The van der Waals surface area contributed by atoms with Gasteiger partial charge >= 0.3 is 0 Å². The molecule has 0 fully saturated rings. The lowest BCUT2D eigenvalue weighted by atomic mass is 10.1. The van der Waals surface area contributed by atoms with Crippen molar-refractivity contribution >= 4 is 15.9 Å². The average molecular weight is 299 g/mol. The summed E-state index contributed by atoms with van der Waals surface area (Å²) in [6.45, 7) is 0. The van der Waals surface area contributed by atoms with E-state index in [1.165, 1.54) is 5.69 Å². The van der Waals surface area contributed by atoms with Gasteiger partial charge in [-0.25, -0.2) is 5.43 Å². The second-order valence-electron chi connectivity index (χ2n) is 3.85. The molecule has 2 aromatic heterocycles. The van der Waals surface area contributed by atoms with E-state index in [0.29, 0.717) is 4.67 Å². The van der Waals surface area contributed by atoms with Gasteiger partial charge in [-0.05, 0) is 47.0 Å². The van der Waals surface area contributed by atoms with Crippen LogP contribution in [0.3, 0.4) is 0 Å². The molecule has 0 aliphatic rings. The zero-order valence-electron chi connectivity index (χ0n) is 9.56. The molecule has 6 heteroatoms. The Bertz CT molecular complexity index is 479. The zero-order chi connectivity index (χ0) is 12.3. The van der Waals surface area contributed by atoms with Gasteiger partial charge in [-0.3, -0.25) is 10.5 Å². The van der Waals surface area contributed by atoms with Gasteiger partial charge in [0.25, 0.3) is 0 Å². The van der Waals surface area contributed by atoms with E-state index in [0.717, 1.165) is 18.6 Å². The highest BCUT2D eigenvalue weighted by Gasteiger charge is 2.14. The van der Waals surface area contributed by atoms with Crippen LogP contribution in [0, 0.1) is 0 Å². The third-order valence-corrected chi connectivity index (χ3v) is 3.18. The van der Waals surface area contributed by atoms with Crippen LogP contribution in [0.4, 0.5) is 0 Å². The lowest BCUT2D eigenvalue weighted by Crippen LogP contribution is -2.28. The quantitative estimate of drug-likeness (QED) is 0.653. The van der Waals surface area contributed by atoms with E-state index in [1.807, 2.05) is 29.9 Å². The Balaban J connectivity index is 1.99. The first-order chi connectivity index (χ1) is 8.20. The van der Waals surface area contributed by atoms with Crippen molar-refractivity contribution in [1.29, 1.82) is 0 Å². The van der Waals surface area contributed by atoms with Gasteiger partial charge in [0.2, 0.25) is 0 Å². The van der Waals surface area contributed by atoms with E-state index in [-0.39, 0.29) is 6.04 Å². The molecule has 0 saturated heterocycles. The molecule has 2 aromatic rings. The van der Waals surface area contributed by atoms with E-state index in [9.17, 15) is 0 Å².